The topological polar surface area (TPSA) is 52.7 Å². The van der Waals surface area contributed by atoms with Crippen molar-refractivity contribution < 1.29 is 9.59 Å². The van der Waals surface area contributed by atoms with Crippen LogP contribution in [0.1, 0.15) is 52.9 Å². The lowest BCUT2D eigenvalue weighted by Crippen LogP contribution is -2.37. The maximum atomic E-state index is 12.4. The van der Waals surface area contributed by atoms with Crippen molar-refractivity contribution in [1.82, 2.24) is 4.90 Å². The number of hydrogen-bond donors (Lipinski definition) is 1. The van der Waals surface area contributed by atoms with Crippen LogP contribution in [0, 0.1) is 0 Å². The summed E-state index contributed by atoms with van der Waals surface area (Å²) in [5.74, 6) is -0.211. The number of allylic oxidation sites excluding steroid dienone is 1. The number of benzene rings is 1. The van der Waals surface area contributed by atoms with Gasteiger partial charge in [0.15, 0.2) is 0 Å². The molecule has 0 atom stereocenters. The predicted molar refractivity (Wildman–Crippen MR) is 112 cm³/mol. The maximum absolute atomic E-state index is 12.4. The number of amides is 2. The van der Waals surface area contributed by atoms with E-state index in [0.717, 1.165) is 43.7 Å². The number of nitrogens with one attached hydrogen (secondary N) is 1. The second-order valence-electron chi connectivity index (χ2n) is 7.07. The Balaban J connectivity index is 1.87. The van der Waals surface area contributed by atoms with Crippen molar-refractivity contribution in [2.75, 3.05) is 36.4 Å². The summed E-state index contributed by atoms with van der Waals surface area (Å²) < 4.78 is 0. The molecule has 0 unspecified atom stereocenters. The average molecular weight is 372 g/mol. The maximum Gasteiger partial charge on any atom is 0.243 e. The molecule has 0 radical (unpaired) electrons. The molecule has 1 N–H and O–H groups in total. The number of rotatable bonds is 9. The highest BCUT2D eigenvalue weighted by Gasteiger charge is 2.15. The van der Waals surface area contributed by atoms with Crippen LogP contribution in [0.3, 0.4) is 0 Å². The molecule has 0 fully saturated rings. The largest absolute Gasteiger partial charge is 0.372 e. The number of hydrogen-bond acceptors (Lipinski definition) is 3. The Morgan fingerprint density at radius 3 is 2.33 bits per heavy atom. The Kier molecular flexibility index (Phi) is 8.37. The third-order valence-electron chi connectivity index (χ3n) is 5.15. The van der Waals surface area contributed by atoms with Gasteiger partial charge in [0.2, 0.25) is 11.8 Å². The van der Waals surface area contributed by atoms with Gasteiger partial charge in [0.25, 0.3) is 0 Å². The van der Waals surface area contributed by atoms with E-state index in [2.05, 4.69) is 30.1 Å². The van der Waals surface area contributed by atoms with Gasteiger partial charge in [-0.1, -0.05) is 11.6 Å². The molecule has 5 heteroatoms. The van der Waals surface area contributed by atoms with Crippen LogP contribution >= 0.6 is 0 Å². The first-order valence-corrected chi connectivity index (χ1v) is 10.1. The van der Waals surface area contributed by atoms with Crippen molar-refractivity contribution >= 4 is 23.2 Å². The van der Waals surface area contributed by atoms with Gasteiger partial charge in [-0.2, -0.15) is 0 Å². The lowest BCUT2D eigenvalue weighted by Gasteiger charge is -2.23. The fraction of sp³-hybridized carbons (Fsp3) is 0.545. The SMILES string of the molecule is CCN(CC)c1ccc(NC(=O)CN(CCC2=CCCCC2)C(C)=O)cc1. The highest BCUT2D eigenvalue weighted by atomic mass is 16.2. The van der Waals surface area contributed by atoms with Crippen LogP contribution < -0.4 is 10.2 Å². The van der Waals surface area contributed by atoms with Crippen LogP contribution in [-0.2, 0) is 9.59 Å². The molecule has 1 aliphatic rings. The number of nitrogens with zero attached hydrogens (tertiary/aromatic N) is 2. The van der Waals surface area contributed by atoms with Gasteiger partial charge in [-0.25, -0.2) is 0 Å². The van der Waals surface area contributed by atoms with E-state index in [9.17, 15) is 9.59 Å². The third kappa shape index (κ3) is 6.74. The van der Waals surface area contributed by atoms with E-state index >= 15 is 0 Å². The first-order valence-electron chi connectivity index (χ1n) is 10.1. The first-order chi connectivity index (χ1) is 13.0. The molecule has 0 spiro atoms. The number of anilines is 2. The van der Waals surface area contributed by atoms with Gasteiger partial charge in [0.1, 0.15) is 0 Å². The summed E-state index contributed by atoms with van der Waals surface area (Å²) in [7, 11) is 0. The molecule has 0 aromatic heterocycles. The van der Waals surface area contributed by atoms with E-state index in [1.165, 1.54) is 25.3 Å². The summed E-state index contributed by atoms with van der Waals surface area (Å²) in [5, 5.41) is 2.90. The molecule has 1 aromatic rings. The number of carbonyl (C=O) groups is 2. The smallest absolute Gasteiger partial charge is 0.243 e. The van der Waals surface area contributed by atoms with Crippen molar-refractivity contribution in [3.05, 3.63) is 35.9 Å². The molecule has 27 heavy (non-hydrogen) atoms. The molecular weight excluding hydrogens is 338 g/mol. The third-order valence-corrected chi connectivity index (χ3v) is 5.15. The van der Waals surface area contributed by atoms with Crippen molar-refractivity contribution in [3.63, 3.8) is 0 Å². The second kappa shape index (κ2) is 10.8. The zero-order valence-corrected chi connectivity index (χ0v) is 17.0. The fourth-order valence-electron chi connectivity index (χ4n) is 3.48. The van der Waals surface area contributed by atoms with Crippen LogP contribution in [0.15, 0.2) is 35.9 Å². The van der Waals surface area contributed by atoms with E-state index < -0.39 is 0 Å². The zero-order chi connectivity index (χ0) is 19.6. The quantitative estimate of drug-likeness (QED) is 0.662. The van der Waals surface area contributed by atoms with Gasteiger partial charge >= 0.3 is 0 Å². The van der Waals surface area contributed by atoms with Gasteiger partial charge in [0, 0.05) is 37.9 Å². The van der Waals surface area contributed by atoms with Gasteiger partial charge in [-0.15, -0.1) is 0 Å². The van der Waals surface area contributed by atoms with Crippen molar-refractivity contribution in [2.24, 2.45) is 0 Å². The molecule has 2 amide bonds. The van der Waals surface area contributed by atoms with E-state index in [1.807, 2.05) is 24.3 Å². The monoisotopic (exact) mass is 371 g/mol. The summed E-state index contributed by atoms with van der Waals surface area (Å²) >= 11 is 0. The van der Waals surface area contributed by atoms with Crippen LogP contribution in [-0.4, -0.2) is 42.9 Å². The standard InChI is InChI=1S/C22H33N3O2/c1-4-24(5-2)21-13-11-20(12-14-21)23-22(27)17-25(18(3)26)16-15-19-9-7-6-8-10-19/h9,11-14H,4-8,10,15-17H2,1-3H3,(H,23,27). The zero-order valence-electron chi connectivity index (χ0n) is 17.0. The molecule has 0 aliphatic heterocycles. The summed E-state index contributed by atoms with van der Waals surface area (Å²) in [5.41, 5.74) is 3.32. The van der Waals surface area contributed by atoms with Gasteiger partial charge < -0.3 is 15.1 Å². The highest BCUT2D eigenvalue weighted by Crippen LogP contribution is 2.20. The summed E-state index contributed by atoms with van der Waals surface area (Å²) in [6.07, 6.45) is 7.91. The van der Waals surface area contributed by atoms with Gasteiger partial charge in [-0.3, -0.25) is 9.59 Å². The molecule has 2 rings (SSSR count). The molecule has 0 bridgehead atoms. The Hall–Kier alpha value is -2.30. The lowest BCUT2D eigenvalue weighted by molar-refractivity contribution is -0.132. The van der Waals surface area contributed by atoms with Gasteiger partial charge in [-0.05, 0) is 70.2 Å². The summed E-state index contributed by atoms with van der Waals surface area (Å²) in [6, 6.07) is 7.86. The normalized spacial score (nSPS) is 13.7. The van der Waals surface area contributed by atoms with E-state index in [-0.39, 0.29) is 18.4 Å². The van der Waals surface area contributed by atoms with Crippen LogP contribution in [0.2, 0.25) is 0 Å². The van der Waals surface area contributed by atoms with Crippen molar-refractivity contribution in [2.45, 2.75) is 52.9 Å². The van der Waals surface area contributed by atoms with Gasteiger partial charge in [0.05, 0.1) is 6.54 Å². The number of carbonyl (C=O) groups excluding carboxylic acids is 2. The van der Waals surface area contributed by atoms with E-state index in [4.69, 9.17) is 0 Å². The lowest BCUT2D eigenvalue weighted by atomic mass is 9.97. The predicted octanol–water partition coefficient (Wildman–Crippen LogP) is 4.21. The molecule has 1 aromatic carbocycles. The second-order valence-corrected chi connectivity index (χ2v) is 7.07. The first kappa shape index (κ1) is 21.0. The highest BCUT2D eigenvalue weighted by molar-refractivity contribution is 5.94. The minimum atomic E-state index is -0.154. The summed E-state index contributed by atoms with van der Waals surface area (Å²) in [6.45, 7) is 8.38. The van der Waals surface area contributed by atoms with E-state index in [0.29, 0.717) is 6.54 Å². The molecule has 0 saturated carbocycles. The van der Waals surface area contributed by atoms with Crippen LogP contribution in [0.25, 0.3) is 0 Å². The minimum Gasteiger partial charge on any atom is -0.372 e. The molecule has 148 valence electrons. The Bertz CT molecular complexity index is 648. The summed E-state index contributed by atoms with van der Waals surface area (Å²) in [4.78, 5) is 28.2. The van der Waals surface area contributed by atoms with Crippen molar-refractivity contribution in [3.8, 4) is 0 Å². The molecule has 5 nitrogen and oxygen atoms in total. The van der Waals surface area contributed by atoms with Crippen molar-refractivity contribution in [1.29, 1.82) is 0 Å². The Labute approximate surface area is 163 Å². The van der Waals surface area contributed by atoms with E-state index in [1.54, 1.807) is 4.90 Å². The fourth-order valence-corrected chi connectivity index (χ4v) is 3.48. The Morgan fingerprint density at radius 2 is 1.78 bits per heavy atom. The van der Waals surface area contributed by atoms with Crippen LogP contribution in [0.4, 0.5) is 11.4 Å². The Morgan fingerprint density at radius 1 is 1.07 bits per heavy atom. The molecule has 0 heterocycles. The molecule has 0 saturated heterocycles. The van der Waals surface area contributed by atoms with Crippen LogP contribution in [0.5, 0.6) is 0 Å². The minimum absolute atomic E-state index is 0.0570. The average Bonchev–Trinajstić information content (AvgIpc) is 2.68. The molecular formula is C22H33N3O2. The molecule has 1 aliphatic carbocycles.